The highest BCUT2D eigenvalue weighted by atomic mass is 32.1. The zero-order valence-electron chi connectivity index (χ0n) is 12.6. The number of thiazole rings is 1. The number of hydrogen-bond donors (Lipinski definition) is 2. The molecule has 1 heterocycles. The molecular formula is C15H21N3OS. The lowest BCUT2D eigenvalue weighted by Crippen LogP contribution is -2.47. The molecule has 0 aliphatic carbocycles. The molecule has 108 valence electrons. The minimum Gasteiger partial charge on any atom is -0.350 e. The normalized spacial score (nSPS) is 13.2. The number of fused-ring (bicyclic) bond motifs is 1. The molecule has 2 N–H and O–H groups in total. The molecule has 1 aromatic heterocycles. The summed E-state index contributed by atoms with van der Waals surface area (Å²) in [5.41, 5.74) is 1.95. The van der Waals surface area contributed by atoms with Crippen molar-refractivity contribution in [3.63, 3.8) is 0 Å². The summed E-state index contributed by atoms with van der Waals surface area (Å²) in [7, 11) is 0. The van der Waals surface area contributed by atoms with Crippen LogP contribution in [0.15, 0.2) is 18.2 Å². The summed E-state index contributed by atoms with van der Waals surface area (Å²) in [6.45, 7) is 9.82. The van der Waals surface area contributed by atoms with Crippen molar-refractivity contribution in [3.8, 4) is 0 Å². The van der Waals surface area contributed by atoms with Gasteiger partial charge in [0.1, 0.15) is 6.04 Å². The molecule has 0 saturated heterocycles. The van der Waals surface area contributed by atoms with Crippen molar-refractivity contribution in [1.82, 2.24) is 10.3 Å². The van der Waals surface area contributed by atoms with Gasteiger partial charge in [-0.05, 0) is 52.3 Å². The maximum Gasteiger partial charge on any atom is 0.242 e. The van der Waals surface area contributed by atoms with Gasteiger partial charge < -0.3 is 10.6 Å². The summed E-state index contributed by atoms with van der Waals surface area (Å²) in [6, 6.07) is 5.85. The molecule has 0 fully saturated rings. The largest absolute Gasteiger partial charge is 0.350 e. The van der Waals surface area contributed by atoms with E-state index in [0.29, 0.717) is 0 Å². The third-order valence-electron chi connectivity index (χ3n) is 2.78. The molecule has 0 radical (unpaired) electrons. The SMILES string of the molecule is Cc1ccc2nc(NC(C)C(=O)NC(C)(C)C)sc2c1. The van der Waals surface area contributed by atoms with Crippen LogP contribution in [0.2, 0.25) is 0 Å². The van der Waals surface area contributed by atoms with Crippen molar-refractivity contribution in [1.29, 1.82) is 0 Å². The number of amides is 1. The average Bonchev–Trinajstić information content (AvgIpc) is 2.67. The fourth-order valence-corrected chi connectivity index (χ4v) is 2.87. The van der Waals surface area contributed by atoms with E-state index in [1.807, 2.05) is 39.8 Å². The first-order chi connectivity index (χ1) is 9.24. The Labute approximate surface area is 123 Å². The smallest absolute Gasteiger partial charge is 0.242 e. The second-order valence-electron chi connectivity index (χ2n) is 6.10. The predicted molar refractivity (Wildman–Crippen MR) is 85.3 cm³/mol. The maximum atomic E-state index is 12.0. The van der Waals surface area contributed by atoms with Crippen LogP contribution in [0.5, 0.6) is 0 Å². The molecule has 2 aromatic rings. The van der Waals surface area contributed by atoms with Crippen molar-refractivity contribution in [2.24, 2.45) is 0 Å². The predicted octanol–water partition coefficient (Wildman–Crippen LogP) is 3.32. The number of nitrogens with zero attached hydrogens (tertiary/aromatic N) is 1. The van der Waals surface area contributed by atoms with Gasteiger partial charge in [-0.1, -0.05) is 17.4 Å². The van der Waals surface area contributed by atoms with E-state index in [9.17, 15) is 4.79 Å². The molecule has 20 heavy (non-hydrogen) atoms. The third kappa shape index (κ3) is 3.70. The summed E-state index contributed by atoms with van der Waals surface area (Å²) in [4.78, 5) is 16.5. The number of rotatable bonds is 3. The van der Waals surface area contributed by atoms with E-state index in [4.69, 9.17) is 0 Å². The minimum atomic E-state index is -0.309. The van der Waals surface area contributed by atoms with Crippen molar-refractivity contribution in [2.45, 2.75) is 46.2 Å². The van der Waals surface area contributed by atoms with E-state index in [1.165, 1.54) is 5.56 Å². The number of aryl methyl sites for hydroxylation is 1. The van der Waals surface area contributed by atoms with Gasteiger partial charge in [0.05, 0.1) is 10.2 Å². The first-order valence-corrected chi connectivity index (χ1v) is 7.52. The van der Waals surface area contributed by atoms with Gasteiger partial charge in [0.15, 0.2) is 5.13 Å². The highest BCUT2D eigenvalue weighted by Gasteiger charge is 2.20. The fraction of sp³-hybridized carbons (Fsp3) is 0.467. The van der Waals surface area contributed by atoms with E-state index in [1.54, 1.807) is 11.3 Å². The van der Waals surface area contributed by atoms with Gasteiger partial charge in [0, 0.05) is 5.54 Å². The van der Waals surface area contributed by atoms with Gasteiger partial charge >= 0.3 is 0 Å². The van der Waals surface area contributed by atoms with E-state index in [-0.39, 0.29) is 17.5 Å². The Morgan fingerprint density at radius 3 is 2.70 bits per heavy atom. The van der Waals surface area contributed by atoms with Gasteiger partial charge in [0.2, 0.25) is 5.91 Å². The molecule has 0 aliphatic heterocycles. The topological polar surface area (TPSA) is 54.0 Å². The lowest BCUT2D eigenvalue weighted by atomic mass is 10.1. The number of carbonyl (C=O) groups is 1. The van der Waals surface area contributed by atoms with Crippen molar-refractivity contribution < 1.29 is 4.79 Å². The van der Waals surface area contributed by atoms with Crippen LogP contribution in [-0.2, 0) is 4.79 Å². The summed E-state index contributed by atoms with van der Waals surface area (Å²) in [5, 5.41) is 6.91. The Kier molecular flexibility index (Phi) is 3.99. The van der Waals surface area contributed by atoms with Crippen LogP contribution in [0.25, 0.3) is 10.2 Å². The maximum absolute atomic E-state index is 12.0. The van der Waals surface area contributed by atoms with Crippen LogP contribution >= 0.6 is 11.3 Å². The van der Waals surface area contributed by atoms with Gasteiger partial charge in [-0.2, -0.15) is 0 Å². The summed E-state index contributed by atoms with van der Waals surface area (Å²) >= 11 is 1.57. The molecule has 2 rings (SSSR count). The van der Waals surface area contributed by atoms with E-state index in [0.717, 1.165) is 15.3 Å². The minimum absolute atomic E-state index is 0.0204. The zero-order chi connectivity index (χ0) is 14.9. The molecule has 0 spiro atoms. The van der Waals surface area contributed by atoms with Crippen LogP contribution in [0.3, 0.4) is 0 Å². The van der Waals surface area contributed by atoms with E-state index in [2.05, 4.69) is 28.6 Å². The van der Waals surface area contributed by atoms with E-state index >= 15 is 0 Å². The lowest BCUT2D eigenvalue weighted by molar-refractivity contribution is -0.122. The summed E-state index contributed by atoms with van der Waals surface area (Å²) < 4.78 is 1.14. The second-order valence-corrected chi connectivity index (χ2v) is 7.13. The fourth-order valence-electron chi connectivity index (χ4n) is 1.82. The quantitative estimate of drug-likeness (QED) is 0.912. The van der Waals surface area contributed by atoms with Crippen LogP contribution in [0, 0.1) is 6.92 Å². The van der Waals surface area contributed by atoms with Crippen molar-refractivity contribution >= 4 is 32.6 Å². The first-order valence-electron chi connectivity index (χ1n) is 6.70. The summed E-state index contributed by atoms with van der Waals surface area (Å²) in [5.74, 6) is -0.0204. The molecule has 4 nitrogen and oxygen atoms in total. The van der Waals surface area contributed by atoms with Gasteiger partial charge in [0.25, 0.3) is 0 Å². The highest BCUT2D eigenvalue weighted by Crippen LogP contribution is 2.27. The Morgan fingerprint density at radius 1 is 1.35 bits per heavy atom. The third-order valence-corrected chi connectivity index (χ3v) is 3.72. The molecule has 0 aliphatic rings. The number of nitrogens with one attached hydrogen (secondary N) is 2. The first kappa shape index (κ1) is 14.8. The van der Waals surface area contributed by atoms with Gasteiger partial charge in [-0.25, -0.2) is 4.98 Å². The lowest BCUT2D eigenvalue weighted by Gasteiger charge is -2.23. The molecule has 1 unspecified atom stereocenters. The number of aromatic nitrogens is 1. The van der Waals surface area contributed by atoms with E-state index < -0.39 is 0 Å². The number of carbonyl (C=O) groups excluding carboxylic acids is 1. The van der Waals surface area contributed by atoms with Gasteiger partial charge in [-0.3, -0.25) is 4.79 Å². The Hall–Kier alpha value is -1.62. The molecule has 0 bridgehead atoms. The molecule has 1 atom stereocenters. The van der Waals surface area contributed by atoms with Crippen LogP contribution in [0.4, 0.5) is 5.13 Å². The Bertz CT molecular complexity index is 628. The molecule has 1 amide bonds. The van der Waals surface area contributed by atoms with Crippen molar-refractivity contribution in [3.05, 3.63) is 23.8 Å². The summed E-state index contributed by atoms with van der Waals surface area (Å²) in [6.07, 6.45) is 0. The number of anilines is 1. The number of benzene rings is 1. The highest BCUT2D eigenvalue weighted by molar-refractivity contribution is 7.22. The Balaban J connectivity index is 2.09. The van der Waals surface area contributed by atoms with Crippen LogP contribution in [-0.4, -0.2) is 22.5 Å². The standard InChI is InChI=1S/C15H21N3OS/c1-9-6-7-11-12(8-9)20-14(17-11)16-10(2)13(19)18-15(3,4)5/h6-8,10H,1-5H3,(H,16,17)(H,18,19). The zero-order valence-corrected chi connectivity index (χ0v) is 13.4. The van der Waals surface area contributed by atoms with Crippen molar-refractivity contribution in [2.75, 3.05) is 5.32 Å². The molecular weight excluding hydrogens is 270 g/mol. The average molecular weight is 291 g/mol. The van der Waals surface area contributed by atoms with Crippen LogP contribution < -0.4 is 10.6 Å². The number of hydrogen-bond acceptors (Lipinski definition) is 4. The molecule has 0 saturated carbocycles. The molecule has 5 heteroatoms. The van der Waals surface area contributed by atoms with Crippen LogP contribution in [0.1, 0.15) is 33.3 Å². The Morgan fingerprint density at radius 2 is 2.05 bits per heavy atom. The second kappa shape index (κ2) is 5.40. The molecule has 1 aromatic carbocycles. The van der Waals surface area contributed by atoms with Gasteiger partial charge in [-0.15, -0.1) is 0 Å². The monoisotopic (exact) mass is 291 g/mol.